The highest BCUT2D eigenvalue weighted by Crippen LogP contribution is 2.44. The van der Waals surface area contributed by atoms with Crippen molar-refractivity contribution in [2.45, 2.75) is 50.0 Å². The van der Waals surface area contributed by atoms with Gasteiger partial charge < -0.3 is 29.5 Å². The van der Waals surface area contributed by atoms with Crippen LogP contribution in [0.3, 0.4) is 0 Å². The number of amides is 2. The maximum atomic E-state index is 13.8. The van der Waals surface area contributed by atoms with E-state index in [9.17, 15) is 19.5 Å². The zero-order valence-electron chi connectivity index (χ0n) is 23.8. The fraction of sp³-hybridized carbons (Fsp3) is 0.364. The summed E-state index contributed by atoms with van der Waals surface area (Å²) in [5, 5.41) is 12.6. The number of rotatable bonds is 10. The molecule has 1 unspecified atom stereocenters. The number of carboxylic acid groups (broad SMARTS) is 1. The van der Waals surface area contributed by atoms with Crippen LogP contribution in [0.15, 0.2) is 78.9 Å². The summed E-state index contributed by atoms with van der Waals surface area (Å²) in [6, 6.07) is 24.5. The molecule has 0 aromatic heterocycles. The highest BCUT2D eigenvalue weighted by Gasteiger charge is 2.46. The van der Waals surface area contributed by atoms with E-state index in [0.717, 1.165) is 27.8 Å². The van der Waals surface area contributed by atoms with Crippen molar-refractivity contribution in [1.82, 2.24) is 10.2 Å². The molecule has 5 rings (SSSR count). The van der Waals surface area contributed by atoms with Gasteiger partial charge in [-0.15, -0.1) is 0 Å². The van der Waals surface area contributed by atoms with Crippen LogP contribution >= 0.6 is 0 Å². The minimum absolute atomic E-state index is 0.0928. The van der Waals surface area contributed by atoms with Crippen molar-refractivity contribution < 1.29 is 33.7 Å². The zero-order valence-corrected chi connectivity index (χ0v) is 23.8. The number of likely N-dealkylation sites (tertiary alicyclic amines) is 1. The van der Waals surface area contributed by atoms with E-state index in [2.05, 4.69) is 17.4 Å². The molecule has 0 saturated carbocycles. The molecule has 1 saturated heterocycles. The lowest BCUT2D eigenvalue weighted by Gasteiger charge is -2.40. The second-order valence-electron chi connectivity index (χ2n) is 10.8. The summed E-state index contributed by atoms with van der Waals surface area (Å²) in [7, 11) is 1.33. The largest absolute Gasteiger partial charge is 0.479 e. The minimum Gasteiger partial charge on any atom is -0.479 e. The molecule has 1 heterocycles. The van der Waals surface area contributed by atoms with Crippen molar-refractivity contribution in [2.75, 3.05) is 26.8 Å². The number of carbonyl (C=O) groups is 3. The Morgan fingerprint density at radius 1 is 0.976 bits per heavy atom. The molecule has 0 bridgehead atoms. The van der Waals surface area contributed by atoms with E-state index in [4.69, 9.17) is 14.2 Å². The van der Waals surface area contributed by atoms with Crippen LogP contribution in [0.1, 0.15) is 42.4 Å². The highest BCUT2D eigenvalue weighted by molar-refractivity contribution is 5.88. The lowest BCUT2D eigenvalue weighted by molar-refractivity contribution is -0.172. The van der Waals surface area contributed by atoms with E-state index >= 15 is 0 Å². The van der Waals surface area contributed by atoms with Gasteiger partial charge in [-0.3, -0.25) is 4.79 Å². The fourth-order valence-electron chi connectivity index (χ4n) is 5.88. The van der Waals surface area contributed by atoms with Gasteiger partial charge >= 0.3 is 12.1 Å². The topological polar surface area (TPSA) is 114 Å². The second-order valence-corrected chi connectivity index (χ2v) is 10.8. The predicted octanol–water partition coefficient (Wildman–Crippen LogP) is 4.59. The van der Waals surface area contributed by atoms with Gasteiger partial charge in [-0.25, -0.2) is 9.59 Å². The zero-order chi connectivity index (χ0) is 29.7. The van der Waals surface area contributed by atoms with E-state index in [1.165, 1.54) is 12.0 Å². The molecule has 1 aliphatic carbocycles. The summed E-state index contributed by atoms with van der Waals surface area (Å²) in [5.74, 6) is -1.72. The number of piperidine rings is 1. The lowest BCUT2D eigenvalue weighted by Crippen LogP contribution is -2.61. The number of hydrogen-bond donors (Lipinski definition) is 2. The maximum Gasteiger partial charge on any atom is 0.407 e. The second kappa shape index (κ2) is 12.8. The monoisotopic (exact) mass is 572 g/mol. The lowest BCUT2D eigenvalue weighted by atomic mass is 9.92. The average Bonchev–Trinajstić information content (AvgIpc) is 3.35. The molecule has 2 amide bonds. The van der Waals surface area contributed by atoms with E-state index in [1.54, 1.807) is 6.92 Å². The maximum absolute atomic E-state index is 13.8. The van der Waals surface area contributed by atoms with Crippen LogP contribution in [-0.4, -0.2) is 72.5 Å². The number of methoxy groups -OCH3 is 1. The number of fused-ring (bicyclic) bond motifs is 3. The Morgan fingerprint density at radius 3 is 2.21 bits per heavy atom. The first-order valence-electron chi connectivity index (χ1n) is 14.2. The molecule has 220 valence electrons. The molecule has 3 aromatic carbocycles. The third-order valence-corrected chi connectivity index (χ3v) is 8.26. The number of aliphatic carboxylic acids is 1. The summed E-state index contributed by atoms with van der Waals surface area (Å²) in [5.41, 5.74) is 3.80. The number of hydrogen-bond acceptors (Lipinski definition) is 6. The first-order valence-corrected chi connectivity index (χ1v) is 14.2. The van der Waals surface area contributed by atoms with Gasteiger partial charge in [0.15, 0.2) is 5.60 Å². The molecule has 2 N–H and O–H groups in total. The summed E-state index contributed by atoms with van der Waals surface area (Å²) >= 11 is 0. The summed E-state index contributed by atoms with van der Waals surface area (Å²) in [4.78, 5) is 40.5. The SMILES string of the molecule is COC1(C(=O)O)CCCN(C(=O)[C@H](NC(=O)OCC2c3ccccc3-c3ccccc32)[C@H](C)OCc2ccccc2)C1. The van der Waals surface area contributed by atoms with Crippen molar-refractivity contribution >= 4 is 18.0 Å². The van der Waals surface area contributed by atoms with Crippen molar-refractivity contribution in [1.29, 1.82) is 0 Å². The standard InChI is InChI=1S/C33H36N2O7/c1-22(41-19-23-11-4-3-5-12-23)29(30(36)35-18-10-17-33(21-35,40-2)31(37)38)34-32(39)42-20-28-26-15-8-6-13-24(26)25-14-7-9-16-27(25)28/h3-9,11-16,22,28-29H,10,17-21H2,1-2H3,(H,34,39)(H,37,38)/t22-,29+,33?/m0/s1. The highest BCUT2D eigenvalue weighted by atomic mass is 16.6. The van der Waals surface area contributed by atoms with Crippen LogP contribution in [0, 0.1) is 0 Å². The quantitative estimate of drug-likeness (QED) is 0.365. The number of ether oxygens (including phenoxy) is 3. The Kier molecular flexibility index (Phi) is 8.89. The average molecular weight is 573 g/mol. The van der Waals surface area contributed by atoms with Gasteiger partial charge in [0.2, 0.25) is 5.91 Å². The van der Waals surface area contributed by atoms with Crippen LogP contribution in [0.25, 0.3) is 11.1 Å². The third kappa shape index (κ3) is 6.03. The molecule has 9 nitrogen and oxygen atoms in total. The van der Waals surface area contributed by atoms with Gasteiger partial charge in [-0.2, -0.15) is 0 Å². The summed E-state index contributed by atoms with van der Waals surface area (Å²) in [6.45, 7) is 2.24. The number of nitrogens with one attached hydrogen (secondary N) is 1. The molecule has 0 radical (unpaired) electrons. The first-order chi connectivity index (χ1) is 20.3. The summed E-state index contributed by atoms with van der Waals surface area (Å²) < 4.78 is 17.1. The molecular weight excluding hydrogens is 536 g/mol. The Bertz CT molecular complexity index is 1380. The first kappa shape index (κ1) is 29.3. The molecule has 3 aromatic rings. The van der Waals surface area contributed by atoms with Gasteiger partial charge in [-0.05, 0) is 47.6 Å². The number of carbonyl (C=O) groups excluding carboxylic acids is 2. The smallest absolute Gasteiger partial charge is 0.407 e. The molecule has 1 aliphatic heterocycles. The minimum atomic E-state index is -1.50. The van der Waals surface area contributed by atoms with E-state index in [-0.39, 0.29) is 32.1 Å². The number of nitrogens with zero attached hydrogens (tertiary/aromatic N) is 1. The number of alkyl carbamates (subject to hydrolysis) is 1. The number of benzene rings is 3. The Labute approximate surface area is 245 Å². The fourth-order valence-corrected chi connectivity index (χ4v) is 5.88. The third-order valence-electron chi connectivity index (χ3n) is 8.26. The molecule has 1 fully saturated rings. The van der Waals surface area contributed by atoms with Crippen molar-refractivity contribution in [3.8, 4) is 11.1 Å². The molecular formula is C33H36N2O7. The van der Waals surface area contributed by atoms with Gasteiger partial charge in [0, 0.05) is 19.6 Å². The Balaban J connectivity index is 1.31. The van der Waals surface area contributed by atoms with Crippen LogP contribution < -0.4 is 5.32 Å². The van der Waals surface area contributed by atoms with Gasteiger partial charge in [0.25, 0.3) is 0 Å². The van der Waals surface area contributed by atoms with E-state index < -0.39 is 35.7 Å². The number of carboxylic acids is 1. The molecule has 9 heteroatoms. The molecule has 3 atom stereocenters. The normalized spacial score (nSPS) is 19.3. The van der Waals surface area contributed by atoms with Gasteiger partial charge in [0.1, 0.15) is 12.6 Å². The van der Waals surface area contributed by atoms with Crippen molar-refractivity contribution in [2.24, 2.45) is 0 Å². The van der Waals surface area contributed by atoms with Crippen LogP contribution in [0.5, 0.6) is 0 Å². The Hall–Kier alpha value is -4.21. The molecule has 0 spiro atoms. The van der Waals surface area contributed by atoms with Crippen LogP contribution in [0.2, 0.25) is 0 Å². The predicted molar refractivity (Wildman–Crippen MR) is 156 cm³/mol. The van der Waals surface area contributed by atoms with Gasteiger partial charge in [-0.1, -0.05) is 78.9 Å². The van der Waals surface area contributed by atoms with Crippen LogP contribution in [-0.2, 0) is 30.4 Å². The molecule has 2 aliphatic rings. The molecule has 42 heavy (non-hydrogen) atoms. The van der Waals surface area contributed by atoms with E-state index in [1.807, 2.05) is 66.7 Å². The Morgan fingerprint density at radius 2 is 1.60 bits per heavy atom. The van der Waals surface area contributed by atoms with Gasteiger partial charge in [0.05, 0.1) is 19.3 Å². The summed E-state index contributed by atoms with van der Waals surface area (Å²) in [6.07, 6.45) is -0.754. The van der Waals surface area contributed by atoms with E-state index in [0.29, 0.717) is 13.0 Å². The van der Waals surface area contributed by atoms with Crippen LogP contribution in [0.4, 0.5) is 4.79 Å². The van der Waals surface area contributed by atoms with Crippen molar-refractivity contribution in [3.63, 3.8) is 0 Å². The van der Waals surface area contributed by atoms with Crippen molar-refractivity contribution in [3.05, 3.63) is 95.6 Å².